The van der Waals surface area contributed by atoms with Crippen molar-refractivity contribution in [1.82, 2.24) is 15.0 Å². The van der Waals surface area contributed by atoms with Gasteiger partial charge in [0.05, 0.1) is 0 Å². The molecule has 6 heteroatoms. The molecule has 0 aliphatic heterocycles. The zero-order chi connectivity index (χ0) is 14.7. The number of aromatic nitrogens is 1. The van der Waals surface area contributed by atoms with Crippen LogP contribution < -0.4 is 10.0 Å². The van der Waals surface area contributed by atoms with Crippen LogP contribution in [0.3, 0.4) is 0 Å². The van der Waals surface area contributed by atoms with Crippen LogP contribution in [-0.4, -0.2) is 26.0 Å². The van der Waals surface area contributed by atoms with Crippen molar-refractivity contribution in [3.8, 4) is 0 Å². The second-order valence-electron chi connectivity index (χ2n) is 6.14. The largest absolute Gasteiger partial charge is 0.310 e. The lowest BCUT2D eigenvalue weighted by atomic mass is 10.2. The fraction of sp³-hybridized carbons (Fsp3) is 0.667. The number of hydrogen-bond acceptors (Lipinski definition) is 4. The summed E-state index contributed by atoms with van der Waals surface area (Å²) in [7, 11) is -3.46. The van der Waals surface area contributed by atoms with Gasteiger partial charge in [0, 0.05) is 25.3 Å². The summed E-state index contributed by atoms with van der Waals surface area (Å²) >= 11 is 0. The highest BCUT2D eigenvalue weighted by atomic mass is 32.2. The minimum Gasteiger partial charge on any atom is -0.310 e. The van der Waals surface area contributed by atoms with Crippen molar-refractivity contribution < 1.29 is 8.42 Å². The molecule has 2 aliphatic carbocycles. The lowest BCUT2D eigenvalue weighted by molar-refractivity contribution is 0.568. The zero-order valence-electron chi connectivity index (χ0n) is 12.2. The molecule has 0 spiro atoms. The van der Waals surface area contributed by atoms with E-state index in [0.717, 1.165) is 30.9 Å². The molecule has 0 bridgehead atoms. The zero-order valence-corrected chi connectivity index (χ0v) is 13.0. The molecule has 0 aromatic carbocycles. The summed E-state index contributed by atoms with van der Waals surface area (Å²) in [6.45, 7) is 1.26. The fourth-order valence-corrected chi connectivity index (χ4v) is 3.30. The summed E-state index contributed by atoms with van der Waals surface area (Å²) in [6, 6.07) is 4.07. The van der Waals surface area contributed by atoms with E-state index in [2.05, 4.69) is 15.0 Å². The molecule has 2 saturated carbocycles. The highest BCUT2D eigenvalue weighted by Gasteiger charge is 2.22. The number of rotatable bonds is 9. The molecule has 2 aliphatic rings. The molecule has 1 heterocycles. The summed E-state index contributed by atoms with van der Waals surface area (Å²) in [4.78, 5) is 4.08. The van der Waals surface area contributed by atoms with Crippen LogP contribution in [0.15, 0.2) is 23.4 Å². The van der Waals surface area contributed by atoms with Crippen molar-refractivity contribution >= 4 is 10.0 Å². The van der Waals surface area contributed by atoms with E-state index in [1.54, 1.807) is 12.3 Å². The van der Waals surface area contributed by atoms with Crippen LogP contribution in [0.5, 0.6) is 0 Å². The molecule has 1 aromatic rings. The highest BCUT2D eigenvalue weighted by molar-refractivity contribution is 7.89. The van der Waals surface area contributed by atoms with Crippen molar-refractivity contribution in [3.63, 3.8) is 0 Å². The number of nitrogens with one attached hydrogen (secondary N) is 2. The molecule has 116 valence electrons. The summed E-state index contributed by atoms with van der Waals surface area (Å²) < 4.78 is 26.8. The molecule has 3 rings (SSSR count). The number of sulfonamides is 1. The van der Waals surface area contributed by atoms with Gasteiger partial charge in [-0.1, -0.05) is 18.9 Å². The number of nitrogens with zero attached hydrogens (tertiary/aromatic N) is 1. The van der Waals surface area contributed by atoms with E-state index < -0.39 is 10.0 Å². The van der Waals surface area contributed by atoms with Gasteiger partial charge in [0.2, 0.25) is 0 Å². The Balaban J connectivity index is 1.48. The third-order valence-corrected chi connectivity index (χ3v) is 5.40. The average Bonchev–Trinajstić information content (AvgIpc) is 3.37. The molecular formula is C15H23N3O2S. The fourth-order valence-electron chi connectivity index (χ4n) is 2.30. The van der Waals surface area contributed by atoms with Crippen LogP contribution in [0, 0.1) is 5.92 Å². The van der Waals surface area contributed by atoms with E-state index in [4.69, 9.17) is 0 Å². The van der Waals surface area contributed by atoms with E-state index in [1.165, 1.54) is 25.7 Å². The average molecular weight is 309 g/mol. The molecule has 0 amide bonds. The Morgan fingerprint density at radius 2 is 2.00 bits per heavy atom. The Morgan fingerprint density at radius 1 is 1.19 bits per heavy atom. The van der Waals surface area contributed by atoms with Crippen molar-refractivity contribution in [2.75, 3.05) is 6.54 Å². The van der Waals surface area contributed by atoms with E-state index in [0.29, 0.717) is 12.6 Å². The second kappa shape index (κ2) is 6.42. The van der Waals surface area contributed by atoms with E-state index in [9.17, 15) is 8.42 Å². The molecule has 0 atom stereocenters. The summed E-state index contributed by atoms with van der Waals surface area (Å²) in [5.74, 6) is 0.839. The summed E-state index contributed by atoms with van der Waals surface area (Å²) in [5, 5.41) is 3.50. The Kier molecular flexibility index (Phi) is 4.57. The molecule has 0 unspecified atom stereocenters. The predicted octanol–water partition coefficient (Wildman–Crippen LogP) is 1.80. The standard InChI is InChI=1S/C15H23N3O2S/c19-21(20,18-9-1-2-12-3-4-12)15-8-5-13(11-17-15)10-16-14-6-7-14/h5,8,11-12,14,16,18H,1-4,6-7,9-10H2. The van der Waals surface area contributed by atoms with Crippen molar-refractivity contribution in [1.29, 1.82) is 0 Å². The highest BCUT2D eigenvalue weighted by Crippen LogP contribution is 2.33. The van der Waals surface area contributed by atoms with Crippen molar-refractivity contribution in [2.24, 2.45) is 5.92 Å². The van der Waals surface area contributed by atoms with Crippen molar-refractivity contribution in [3.05, 3.63) is 23.9 Å². The minimum absolute atomic E-state index is 0.115. The van der Waals surface area contributed by atoms with Gasteiger partial charge in [0.15, 0.2) is 5.03 Å². The van der Waals surface area contributed by atoms with Gasteiger partial charge in [-0.25, -0.2) is 18.1 Å². The van der Waals surface area contributed by atoms with Gasteiger partial charge in [0.1, 0.15) is 0 Å². The maximum Gasteiger partial charge on any atom is 0.258 e. The van der Waals surface area contributed by atoms with Crippen LogP contribution in [0.25, 0.3) is 0 Å². The van der Waals surface area contributed by atoms with E-state index >= 15 is 0 Å². The van der Waals surface area contributed by atoms with E-state index in [-0.39, 0.29) is 5.03 Å². The Bertz CT molecular complexity index is 563. The molecular weight excluding hydrogens is 286 g/mol. The van der Waals surface area contributed by atoms with Crippen LogP contribution >= 0.6 is 0 Å². The molecule has 5 nitrogen and oxygen atoms in total. The Hall–Kier alpha value is -0.980. The van der Waals surface area contributed by atoms with E-state index in [1.807, 2.05) is 6.07 Å². The monoisotopic (exact) mass is 309 g/mol. The summed E-state index contributed by atoms with van der Waals surface area (Å²) in [6.07, 6.45) is 8.79. The van der Waals surface area contributed by atoms with Crippen LogP contribution in [0.2, 0.25) is 0 Å². The molecule has 0 radical (unpaired) electrons. The van der Waals surface area contributed by atoms with Crippen molar-refractivity contribution in [2.45, 2.75) is 56.1 Å². The Labute approximate surface area is 126 Å². The number of hydrogen-bond donors (Lipinski definition) is 2. The molecule has 2 fully saturated rings. The van der Waals surface area contributed by atoms with Gasteiger partial charge >= 0.3 is 0 Å². The SMILES string of the molecule is O=S(=O)(NCCCC1CC1)c1ccc(CNC2CC2)cn1. The lowest BCUT2D eigenvalue weighted by Gasteiger charge is -2.07. The quantitative estimate of drug-likeness (QED) is 0.682. The molecule has 21 heavy (non-hydrogen) atoms. The predicted molar refractivity (Wildman–Crippen MR) is 81.2 cm³/mol. The smallest absolute Gasteiger partial charge is 0.258 e. The normalized spacial score (nSPS) is 18.9. The lowest BCUT2D eigenvalue weighted by Crippen LogP contribution is -2.25. The van der Waals surface area contributed by atoms with Crippen LogP contribution in [-0.2, 0) is 16.6 Å². The van der Waals surface area contributed by atoms with Crippen LogP contribution in [0.1, 0.15) is 44.1 Å². The first-order chi connectivity index (χ1) is 10.1. The van der Waals surface area contributed by atoms with Gasteiger partial charge < -0.3 is 5.32 Å². The second-order valence-corrected chi connectivity index (χ2v) is 7.86. The molecule has 2 N–H and O–H groups in total. The summed E-state index contributed by atoms with van der Waals surface area (Å²) in [5.41, 5.74) is 1.02. The first-order valence-corrected chi connectivity index (χ1v) is 9.30. The van der Waals surface area contributed by atoms with Crippen LogP contribution in [0.4, 0.5) is 0 Å². The van der Waals surface area contributed by atoms with Gasteiger partial charge in [-0.05, 0) is 43.2 Å². The Morgan fingerprint density at radius 3 is 2.62 bits per heavy atom. The van der Waals surface area contributed by atoms with Gasteiger partial charge in [-0.2, -0.15) is 0 Å². The third-order valence-electron chi connectivity index (χ3n) is 4.02. The minimum atomic E-state index is -3.46. The van der Waals surface area contributed by atoms with Gasteiger partial charge in [-0.3, -0.25) is 0 Å². The number of pyridine rings is 1. The molecule has 0 saturated heterocycles. The topological polar surface area (TPSA) is 71.1 Å². The molecule has 1 aromatic heterocycles. The van der Waals surface area contributed by atoms with Gasteiger partial charge in [0.25, 0.3) is 10.0 Å². The first kappa shape index (κ1) is 14.9. The third kappa shape index (κ3) is 4.76. The van der Waals surface area contributed by atoms with Gasteiger partial charge in [-0.15, -0.1) is 0 Å². The maximum atomic E-state index is 12.1. The maximum absolute atomic E-state index is 12.1. The first-order valence-electron chi connectivity index (χ1n) is 7.81.